The second-order valence-electron chi connectivity index (χ2n) is 4.03. The molecule has 2 rings (SSSR count). The zero-order valence-electron chi connectivity index (χ0n) is 10.1. The Bertz CT molecular complexity index is 516. The molecule has 18 heavy (non-hydrogen) atoms. The van der Waals surface area contributed by atoms with Crippen molar-refractivity contribution in [2.45, 2.75) is 25.3 Å². The summed E-state index contributed by atoms with van der Waals surface area (Å²) in [5.41, 5.74) is 0. The first-order valence-corrected chi connectivity index (χ1v) is 6.09. The molecule has 0 bridgehead atoms. The quantitative estimate of drug-likeness (QED) is 0.860. The van der Waals surface area contributed by atoms with Crippen LogP contribution in [-0.4, -0.2) is 5.91 Å². The number of hydrogen-bond acceptors (Lipinski definition) is 3. The van der Waals surface area contributed by atoms with Crippen molar-refractivity contribution >= 4 is 17.5 Å². The summed E-state index contributed by atoms with van der Waals surface area (Å²) in [7, 11) is 0. The van der Waals surface area contributed by atoms with Gasteiger partial charge in [-0.1, -0.05) is 0 Å². The average molecular weight is 268 g/mol. The van der Waals surface area contributed by atoms with Gasteiger partial charge in [-0.2, -0.15) is 0 Å². The molecule has 2 unspecified atom stereocenters. The van der Waals surface area contributed by atoms with Crippen LogP contribution in [0, 0.1) is 0 Å². The van der Waals surface area contributed by atoms with Crippen LogP contribution in [0.25, 0.3) is 0 Å². The van der Waals surface area contributed by atoms with E-state index in [0.717, 1.165) is 0 Å². The van der Waals surface area contributed by atoms with Crippen molar-refractivity contribution in [3.8, 4) is 0 Å². The van der Waals surface area contributed by atoms with Crippen LogP contribution < -0.4 is 5.32 Å². The first-order valence-electron chi connectivity index (χ1n) is 5.66. The maximum Gasteiger partial charge on any atom is 0.287 e. The minimum Gasteiger partial charge on any atom is -0.467 e. The molecular weight excluding hydrogens is 254 g/mol. The van der Waals surface area contributed by atoms with Gasteiger partial charge in [-0.05, 0) is 38.1 Å². The molecule has 0 aromatic carbocycles. The maximum atomic E-state index is 11.9. The molecule has 96 valence electrons. The van der Waals surface area contributed by atoms with Gasteiger partial charge >= 0.3 is 0 Å². The van der Waals surface area contributed by atoms with Crippen molar-refractivity contribution in [2.24, 2.45) is 0 Å². The summed E-state index contributed by atoms with van der Waals surface area (Å²) < 4.78 is 10.6. The molecule has 0 saturated heterocycles. The minimum absolute atomic E-state index is 0.213. The summed E-state index contributed by atoms with van der Waals surface area (Å²) in [4.78, 5) is 11.9. The molecule has 2 heterocycles. The molecule has 0 fully saturated rings. The Labute approximate surface area is 110 Å². The van der Waals surface area contributed by atoms with E-state index in [1.54, 1.807) is 37.5 Å². The van der Waals surface area contributed by atoms with Crippen molar-refractivity contribution in [1.29, 1.82) is 0 Å². The van der Waals surface area contributed by atoms with E-state index >= 15 is 0 Å². The van der Waals surface area contributed by atoms with Crippen molar-refractivity contribution in [1.82, 2.24) is 5.32 Å². The second-order valence-corrected chi connectivity index (χ2v) is 4.68. The van der Waals surface area contributed by atoms with Crippen LogP contribution in [0.2, 0.25) is 0 Å². The highest BCUT2D eigenvalue weighted by molar-refractivity contribution is 6.20. The van der Waals surface area contributed by atoms with Crippen LogP contribution in [0.3, 0.4) is 0 Å². The molecule has 4 nitrogen and oxygen atoms in total. The van der Waals surface area contributed by atoms with E-state index in [2.05, 4.69) is 5.32 Å². The highest BCUT2D eigenvalue weighted by Gasteiger charge is 2.17. The predicted molar refractivity (Wildman–Crippen MR) is 67.6 cm³/mol. The number of rotatable bonds is 4. The molecule has 0 radical (unpaired) electrons. The standard InChI is InChI=1S/C13H14ClNO3/c1-8(14)10-5-6-12(18-10)13(16)15-9(2)11-4-3-7-17-11/h3-9H,1-2H3,(H,15,16). The third-order valence-electron chi connectivity index (χ3n) is 2.56. The van der Waals surface area contributed by atoms with Crippen LogP contribution in [0.15, 0.2) is 39.4 Å². The van der Waals surface area contributed by atoms with E-state index in [9.17, 15) is 4.79 Å². The van der Waals surface area contributed by atoms with E-state index < -0.39 is 0 Å². The Kier molecular flexibility index (Phi) is 3.77. The van der Waals surface area contributed by atoms with Crippen molar-refractivity contribution in [2.75, 3.05) is 0 Å². The number of halogens is 1. The van der Waals surface area contributed by atoms with Gasteiger partial charge in [0, 0.05) is 0 Å². The molecule has 0 spiro atoms. The number of hydrogen-bond donors (Lipinski definition) is 1. The Hall–Kier alpha value is -1.68. The predicted octanol–water partition coefficient (Wildman–Crippen LogP) is 3.66. The molecule has 1 N–H and O–H groups in total. The number of carbonyl (C=O) groups is 1. The number of nitrogens with one attached hydrogen (secondary N) is 1. The maximum absolute atomic E-state index is 11.9. The van der Waals surface area contributed by atoms with E-state index in [0.29, 0.717) is 11.5 Å². The second kappa shape index (κ2) is 5.31. The average Bonchev–Trinajstić information content (AvgIpc) is 3.00. The van der Waals surface area contributed by atoms with E-state index in [-0.39, 0.29) is 23.1 Å². The summed E-state index contributed by atoms with van der Waals surface area (Å²) in [6, 6.07) is 6.68. The lowest BCUT2D eigenvalue weighted by atomic mass is 10.2. The van der Waals surface area contributed by atoms with E-state index in [1.807, 2.05) is 6.92 Å². The molecule has 0 aliphatic rings. The largest absolute Gasteiger partial charge is 0.467 e. The van der Waals surface area contributed by atoms with Gasteiger partial charge in [-0.25, -0.2) is 0 Å². The highest BCUT2D eigenvalue weighted by Crippen LogP contribution is 2.22. The monoisotopic (exact) mass is 267 g/mol. The summed E-state index contributed by atoms with van der Waals surface area (Å²) in [5, 5.41) is 2.53. The zero-order chi connectivity index (χ0) is 13.1. The smallest absolute Gasteiger partial charge is 0.287 e. The summed E-state index contributed by atoms with van der Waals surface area (Å²) >= 11 is 5.87. The third kappa shape index (κ3) is 2.76. The van der Waals surface area contributed by atoms with Gasteiger partial charge < -0.3 is 14.2 Å². The van der Waals surface area contributed by atoms with Crippen LogP contribution in [0.4, 0.5) is 0 Å². The van der Waals surface area contributed by atoms with Gasteiger partial charge in [-0.15, -0.1) is 11.6 Å². The van der Waals surface area contributed by atoms with Crippen LogP contribution in [-0.2, 0) is 0 Å². The first kappa shape index (κ1) is 12.8. The van der Waals surface area contributed by atoms with Gasteiger partial charge in [0.2, 0.25) is 0 Å². The number of alkyl halides is 1. The van der Waals surface area contributed by atoms with Crippen LogP contribution in [0.1, 0.15) is 47.3 Å². The van der Waals surface area contributed by atoms with Crippen LogP contribution >= 0.6 is 11.6 Å². The number of furan rings is 2. The van der Waals surface area contributed by atoms with Gasteiger partial charge in [0.25, 0.3) is 5.91 Å². The molecule has 2 atom stereocenters. The van der Waals surface area contributed by atoms with Crippen molar-refractivity contribution < 1.29 is 13.6 Å². The normalized spacial score (nSPS) is 14.2. The Morgan fingerprint density at radius 1 is 1.28 bits per heavy atom. The summed E-state index contributed by atoms with van der Waals surface area (Å²) in [6.45, 7) is 3.62. The third-order valence-corrected chi connectivity index (χ3v) is 2.78. The molecule has 2 aromatic heterocycles. The SMILES string of the molecule is CC(Cl)c1ccc(C(=O)NC(C)c2ccco2)o1. The molecule has 0 saturated carbocycles. The molecule has 0 aliphatic heterocycles. The number of carbonyl (C=O) groups excluding carboxylic acids is 1. The molecule has 5 heteroatoms. The molecular formula is C13H14ClNO3. The molecule has 0 aliphatic carbocycles. The van der Waals surface area contributed by atoms with Gasteiger partial charge in [0.1, 0.15) is 11.5 Å². The first-order chi connectivity index (χ1) is 8.58. The number of amides is 1. The Morgan fingerprint density at radius 2 is 2.06 bits per heavy atom. The van der Waals surface area contributed by atoms with E-state index in [4.69, 9.17) is 20.4 Å². The lowest BCUT2D eigenvalue weighted by molar-refractivity contribution is 0.0905. The fourth-order valence-electron chi connectivity index (χ4n) is 1.57. The van der Waals surface area contributed by atoms with E-state index in [1.165, 1.54) is 0 Å². The van der Waals surface area contributed by atoms with Gasteiger partial charge in [0.05, 0.1) is 17.7 Å². The molecule has 1 amide bonds. The fraction of sp³-hybridized carbons (Fsp3) is 0.308. The van der Waals surface area contributed by atoms with Crippen molar-refractivity contribution in [3.63, 3.8) is 0 Å². The Morgan fingerprint density at radius 3 is 2.61 bits per heavy atom. The zero-order valence-corrected chi connectivity index (χ0v) is 10.9. The Balaban J connectivity index is 2.03. The summed E-state index contributed by atoms with van der Waals surface area (Å²) in [6.07, 6.45) is 1.57. The van der Waals surface area contributed by atoms with Crippen molar-refractivity contribution in [3.05, 3.63) is 47.8 Å². The lowest BCUT2D eigenvalue weighted by Crippen LogP contribution is -2.25. The highest BCUT2D eigenvalue weighted by atomic mass is 35.5. The minimum atomic E-state index is -0.289. The lowest BCUT2D eigenvalue weighted by Gasteiger charge is -2.09. The van der Waals surface area contributed by atoms with Gasteiger partial charge in [0.15, 0.2) is 5.76 Å². The fourth-order valence-corrected chi connectivity index (χ4v) is 1.68. The topological polar surface area (TPSA) is 55.4 Å². The van der Waals surface area contributed by atoms with Crippen LogP contribution in [0.5, 0.6) is 0 Å². The van der Waals surface area contributed by atoms with Gasteiger partial charge in [-0.3, -0.25) is 4.79 Å². The summed E-state index contributed by atoms with van der Waals surface area (Å²) in [5.74, 6) is 1.23. The molecule has 2 aromatic rings.